The van der Waals surface area contributed by atoms with Crippen molar-refractivity contribution >= 4 is 6.09 Å². The smallest absolute Gasteiger partial charge is 0.408 e. The lowest BCUT2D eigenvalue weighted by molar-refractivity contribution is -0.0515. The van der Waals surface area contributed by atoms with Crippen LogP contribution in [0.5, 0.6) is 11.5 Å². The molecule has 2 aromatic rings. The topological polar surface area (TPSA) is 82.8 Å². The van der Waals surface area contributed by atoms with Crippen molar-refractivity contribution in [3.63, 3.8) is 0 Å². The van der Waals surface area contributed by atoms with Crippen LogP contribution in [0.3, 0.4) is 0 Å². The number of aromatic nitrogens is 1. The number of nitrogens with one attached hydrogen (secondary N) is 1. The van der Waals surface area contributed by atoms with Gasteiger partial charge in [0, 0.05) is 5.56 Å². The quantitative estimate of drug-likeness (QED) is 0.618. The fourth-order valence-corrected chi connectivity index (χ4v) is 2.62. The summed E-state index contributed by atoms with van der Waals surface area (Å²) in [7, 11) is 0. The number of amides is 1. The van der Waals surface area contributed by atoms with Crippen LogP contribution in [0, 0.1) is 5.92 Å². The number of oxazole rings is 1. The summed E-state index contributed by atoms with van der Waals surface area (Å²) in [6, 6.07) is 4.04. The molecule has 0 bridgehead atoms. The lowest BCUT2D eigenvalue weighted by Gasteiger charge is -2.21. The fourth-order valence-electron chi connectivity index (χ4n) is 2.62. The minimum atomic E-state index is -2.95. The van der Waals surface area contributed by atoms with Crippen molar-refractivity contribution in [3.8, 4) is 23.0 Å². The first kappa shape index (κ1) is 21.9. The van der Waals surface area contributed by atoms with Gasteiger partial charge in [-0.1, -0.05) is 0 Å². The van der Waals surface area contributed by atoms with Crippen LogP contribution in [0.1, 0.15) is 52.3 Å². The predicted molar refractivity (Wildman–Crippen MR) is 105 cm³/mol. The Bertz CT molecular complexity index is 875. The first-order valence-electron chi connectivity index (χ1n) is 9.78. The van der Waals surface area contributed by atoms with Crippen molar-refractivity contribution < 1.29 is 32.2 Å². The van der Waals surface area contributed by atoms with E-state index in [9.17, 15) is 13.6 Å². The minimum absolute atomic E-state index is 0.0406. The zero-order chi connectivity index (χ0) is 21.9. The molecule has 1 aromatic heterocycles. The highest BCUT2D eigenvalue weighted by Crippen LogP contribution is 2.36. The van der Waals surface area contributed by atoms with Gasteiger partial charge in [0.2, 0.25) is 5.89 Å². The van der Waals surface area contributed by atoms with E-state index in [0.717, 1.165) is 12.8 Å². The Kier molecular flexibility index (Phi) is 6.48. The summed E-state index contributed by atoms with van der Waals surface area (Å²) in [5, 5.41) is 2.68. The van der Waals surface area contributed by atoms with Gasteiger partial charge in [0.1, 0.15) is 11.4 Å². The third-order valence-corrected chi connectivity index (χ3v) is 4.26. The summed E-state index contributed by atoms with van der Waals surface area (Å²) in [6.45, 7) is 4.54. The molecule has 7 nitrogen and oxygen atoms in total. The molecule has 1 heterocycles. The molecule has 1 fully saturated rings. The number of hydrogen-bond acceptors (Lipinski definition) is 6. The molecule has 0 unspecified atom stereocenters. The van der Waals surface area contributed by atoms with Crippen molar-refractivity contribution in [3.05, 3.63) is 30.2 Å². The van der Waals surface area contributed by atoms with Gasteiger partial charge < -0.3 is 23.9 Å². The molecule has 1 saturated carbocycles. The summed E-state index contributed by atoms with van der Waals surface area (Å²) in [6.07, 6.45) is 3.05. The average molecular weight is 424 g/mol. The van der Waals surface area contributed by atoms with Gasteiger partial charge in [0.25, 0.3) is 0 Å². The zero-order valence-electron chi connectivity index (χ0n) is 17.4. The number of benzene rings is 1. The van der Waals surface area contributed by atoms with Crippen LogP contribution in [0.25, 0.3) is 11.5 Å². The molecule has 3 rings (SSSR count). The largest absolute Gasteiger partial charge is 0.489 e. The number of rotatable bonds is 8. The molecule has 1 atom stereocenters. The maximum Gasteiger partial charge on any atom is 0.408 e. The Morgan fingerprint density at radius 1 is 1.30 bits per heavy atom. The SMILES string of the molecule is C[C@@H](NC(=O)OC(C)(C)C)c1cnc(-c2ccc(OC(F)F)c(OCC3CC3)c2)o1. The molecule has 0 aliphatic heterocycles. The Balaban J connectivity index is 1.73. The summed E-state index contributed by atoms with van der Waals surface area (Å²) in [4.78, 5) is 16.2. The number of alkyl carbamates (subject to hydrolysis) is 1. The molecule has 1 N–H and O–H groups in total. The molecule has 164 valence electrons. The van der Waals surface area contributed by atoms with E-state index in [0.29, 0.717) is 23.8 Å². The van der Waals surface area contributed by atoms with Gasteiger partial charge in [-0.15, -0.1) is 0 Å². The van der Waals surface area contributed by atoms with Crippen molar-refractivity contribution in [2.45, 2.75) is 58.8 Å². The third-order valence-electron chi connectivity index (χ3n) is 4.26. The van der Waals surface area contributed by atoms with Crippen LogP contribution in [0.4, 0.5) is 13.6 Å². The molecule has 1 aromatic carbocycles. The van der Waals surface area contributed by atoms with Crippen LogP contribution >= 0.6 is 0 Å². The Morgan fingerprint density at radius 3 is 2.67 bits per heavy atom. The highest BCUT2D eigenvalue weighted by Gasteiger charge is 2.24. The highest BCUT2D eigenvalue weighted by atomic mass is 19.3. The predicted octanol–water partition coefficient (Wildman–Crippen LogP) is 5.32. The van der Waals surface area contributed by atoms with Crippen molar-refractivity contribution in [1.82, 2.24) is 10.3 Å². The molecule has 0 spiro atoms. The molecule has 0 saturated heterocycles. The van der Waals surface area contributed by atoms with E-state index >= 15 is 0 Å². The van der Waals surface area contributed by atoms with Gasteiger partial charge in [-0.25, -0.2) is 9.78 Å². The van der Waals surface area contributed by atoms with Gasteiger partial charge in [-0.05, 0) is 64.7 Å². The van der Waals surface area contributed by atoms with Crippen LogP contribution in [-0.2, 0) is 4.74 Å². The monoisotopic (exact) mass is 424 g/mol. The number of hydrogen-bond donors (Lipinski definition) is 1. The van der Waals surface area contributed by atoms with Crippen LogP contribution in [0.15, 0.2) is 28.8 Å². The van der Waals surface area contributed by atoms with Crippen LogP contribution in [-0.4, -0.2) is 29.9 Å². The van der Waals surface area contributed by atoms with Crippen molar-refractivity contribution in [2.75, 3.05) is 6.61 Å². The standard InChI is InChI=1S/C21H26F2N2O5/c1-12(25-20(26)30-21(2,3)4)17-10-24-18(28-17)14-7-8-15(29-19(22)23)16(9-14)27-11-13-5-6-13/h7-10,12-13,19H,5-6,11H2,1-4H3,(H,25,26)/t12-/m1/s1. The first-order valence-corrected chi connectivity index (χ1v) is 9.78. The Hall–Kier alpha value is -2.84. The second-order valence-corrected chi connectivity index (χ2v) is 8.23. The summed E-state index contributed by atoms with van der Waals surface area (Å²) in [5.41, 5.74) is -0.0758. The lowest BCUT2D eigenvalue weighted by atomic mass is 10.2. The van der Waals surface area contributed by atoms with Gasteiger partial charge in [0.05, 0.1) is 18.8 Å². The van der Waals surface area contributed by atoms with Crippen LogP contribution < -0.4 is 14.8 Å². The summed E-state index contributed by atoms with van der Waals surface area (Å²) in [5.74, 6) is 1.30. The average Bonchev–Trinajstić information content (AvgIpc) is 3.32. The first-order chi connectivity index (χ1) is 14.1. The maximum atomic E-state index is 12.7. The third kappa shape index (κ3) is 6.33. The van der Waals surface area contributed by atoms with Gasteiger partial charge in [0.15, 0.2) is 11.5 Å². The van der Waals surface area contributed by atoms with Crippen LogP contribution in [0.2, 0.25) is 0 Å². The van der Waals surface area contributed by atoms with Crippen molar-refractivity contribution in [2.24, 2.45) is 5.92 Å². The van der Waals surface area contributed by atoms with Crippen molar-refractivity contribution in [1.29, 1.82) is 0 Å². The summed E-state index contributed by atoms with van der Waals surface area (Å²) >= 11 is 0. The molecule has 1 aliphatic rings. The maximum absolute atomic E-state index is 12.7. The van der Waals surface area contributed by atoms with E-state index in [-0.39, 0.29) is 17.4 Å². The Labute approximate surface area is 173 Å². The number of carbonyl (C=O) groups excluding carboxylic acids is 1. The fraction of sp³-hybridized carbons (Fsp3) is 0.524. The molecule has 1 amide bonds. The van der Waals surface area contributed by atoms with Gasteiger partial charge in [-0.2, -0.15) is 8.78 Å². The molecular formula is C21H26F2N2O5. The number of carbonyl (C=O) groups is 1. The second kappa shape index (κ2) is 8.89. The number of alkyl halides is 2. The number of ether oxygens (including phenoxy) is 3. The molecule has 0 radical (unpaired) electrons. The highest BCUT2D eigenvalue weighted by molar-refractivity contribution is 5.68. The number of nitrogens with zero attached hydrogens (tertiary/aromatic N) is 1. The van der Waals surface area contributed by atoms with Gasteiger partial charge in [-0.3, -0.25) is 0 Å². The molecule has 30 heavy (non-hydrogen) atoms. The Morgan fingerprint density at radius 2 is 2.03 bits per heavy atom. The lowest BCUT2D eigenvalue weighted by Crippen LogP contribution is -2.33. The van der Waals surface area contributed by atoms with E-state index in [2.05, 4.69) is 15.0 Å². The van der Waals surface area contributed by atoms with E-state index in [1.807, 2.05) is 0 Å². The molecule has 1 aliphatic carbocycles. The van der Waals surface area contributed by atoms with E-state index < -0.39 is 24.3 Å². The number of halogens is 2. The second-order valence-electron chi connectivity index (χ2n) is 8.23. The summed E-state index contributed by atoms with van der Waals surface area (Å²) < 4.78 is 46.6. The zero-order valence-corrected chi connectivity index (χ0v) is 17.4. The van der Waals surface area contributed by atoms with E-state index in [4.69, 9.17) is 13.9 Å². The van der Waals surface area contributed by atoms with E-state index in [1.54, 1.807) is 39.8 Å². The van der Waals surface area contributed by atoms with Gasteiger partial charge >= 0.3 is 12.7 Å². The minimum Gasteiger partial charge on any atom is -0.489 e. The van der Waals surface area contributed by atoms with E-state index in [1.165, 1.54) is 12.3 Å². The normalized spacial score (nSPS) is 15.0. The molecule has 9 heteroatoms. The molecular weight excluding hydrogens is 398 g/mol.